The van der Waals surface area contributed by atoms with Gasteiger partial charge in [0.2, 0.25) is 0 Å². The normalized spacial score (nSPS) is 11.8. The van der Waals surface area contributed by atoms with Gasteiger partial charge in [0.1, 0.15) is 0 Å². The number of para-hydroxylation sites is 1. The van der Waals surface area contributed by atoms with Crippen LogP contribution < -0.4 is 0 Å². The highest BCUT2D eigenvalue weighted by Gasteiger charge is 2.17. The summed E-state index contributed by atoms with van der Waals surface area (Å²) in [6, 6.07) is 19.0. The van der Waals surface area contributed by atoms with E-state index in [1.54, 1.807) is 12.1 Å². The summed E-state index contributed by atoms with van der Waals surface area (Å²) in [5, 5.41) is 17.3. The monoisotopic (exact) mass is 457 g/mol. The van der Waals surface area contributed by atoms with Crippen molar-refractivity contribution in [3.05, 3.63) is 81.9 Å². The SMILES string of the molecule is CCCCC/C(=N/OC(C)=O)c1ccc(-n2c3ccccc3c3cc([N+](=O)[O-])ccc32)cc1C. The fraction of sp³-hybridized carbons (Fsp3) is 0.259. The van der Waals surface area contributed by atoms with E-state index in [1.807, 2.05) is 43.3 Å². The van der Waals surface area contributed by atoms with Gasteiger partial charge in [-0.15, -0.1) is 0 Å². The van der Waals surface area contributed by atoms with Crippen molar-refractivity contribution in [2.24, 2.45) is 5.16 Å². The molecule has 174 valence electrons. The zero-order chi connectivity index (χ0) is 24.2. The Labute approximate surface area is 197 Å². The molecule has 0 radical (unpaired) electrons. The molecule has 4 rings (SSSR count). The third kappa shape index (κ3) is 4.55. The van der Waals surface area contributed by atoms with Gasteiger partial charge < -0.3 is 9.40 Å². The molecule has 34 heavy (non-hydrogen) atoms. The molecule has 0 saturated heterocycles. The molecule has 1 heterocycles. The minimum atomic E-state index is -0.443. The van der Waals surface area contributed by atoms with Crippen LogP contribution in [0.2, 0.25) is 0 Å². The summed E-state index contributed by atoms with van der Waals surface area (Å²) in [6.07, 6.45) is 3.85. The summed E-state index contributed by atoms with van der Waals surface area (Å²) in [7, 11) is 0. The molecule has 7 nitrogen and oxygen atoms in total. The molecule has 3 aromatic carbocycles. The zero-order valence-electron chi connectivity index (χ0n) is 19.6. The van der Waals surface area contributed by atoms with E-state index >= 15 is 0 Å². The molecule has 0 aliphatic carbocycles. The molecule has 0 aliphatic rings. The molecular weight excluding hydrogens is 430 g/mol. The van der Waals surface area contributed by atoms with Crippen molar-refractivity contribution in [2.45, 2.75) is 46.5 Å². The van der Waals surface area contributed by atoms with Crippen LogP contribution in [0.25, 0.3) is 27.5 Å². The van der Waals surface area contributed by atoms with Gasteiger partial charge in [0, 0.05) is 41.1 Å². The van der Waals surface area contributed by atoms with Gasteiger partial charge >= 0.3 is 5.97 Å². The second-order valence-corrected chi connectivity index (χ2v) is 8.39. The van der Waals surface area contributed by atoms with Crippen molar-refractivity contribution in [3.8, 4) is 5.69 Å². The lowest BCUT2D eigenvalue weighted by atomic mass is 9.99. The Hall–Kier alpha value is -4.00. The van der Waals surface area contributed by atoms with Crippen LogP contribution in [0.5, 0.6) is 0 Å². The summed E-state index contributed by atoms with van der Waals surface area (Å²) in [5.41, 5.74) is 5.59. The summed E-state index contributed by atoms with van der Waals surface area (Å²) in [5.74, 6) is -0.443. The highest BCUT2D eigenvalue weighted by molar-refractivity contribution is 6.10. The van der Waals surface area contributed by atoms with Crippen molar-refractivity contribution in [1.82, 2.24) is 4.57 Å². The van der Waals surface area contributed by atoms with Crippen molar-refractivity contribution >= 4 is 39.2 Å². The number of hydrogen-bond donors (Lipinski definition) is 0. The van der Waals surface area contributed by atoms with E-state index in [0.717, 1.165) is 70.0 Å². The van der Waals surface area contributed by atoms with Gasteiger partial charge in [-0.05, 0) is 49.6 Å². The number of non-ortho nitro benzene ring substituents is 1. The molecule has 4 aromatic rings. The van der Waals surface area contributed by atoms with Crippen LogP contribution in [-0.4, -0.2) is 21.2 Å². The summed E-state index contributed by atoms with van der Waals surface area (Å²) < 4.78 is 2.12. The van der Waals surface area contributed by atoms with E-state index in [4.69, 9.17) is 4.84 Å². The van der Waals surface area contributed by atoms with E-state index < -0.39 is 5.97 Å². The minimum Gasteiger partial charge on any atom is -0.318 e. The van der Waals surface area contributed by atoms with Crippen LogP contribution in [0.3, 0.4) is 0 Å². The molecule has 0 fully saturated rings. The number of nitrogens with zero attached hydrogens (tertiary/aromatic N) is 3. The van der Waals surface area contributed by atoms with Crippen LogP contribution in [0.15, 0.2) is 65.8 Å². The molecule has 0 bridgehead atoms. The first-order valence-corrected chi connectivity index (χ1v) is 11.4. The molecular formula is C27H27N3O4. The fourth-order valence-electron chi connectivity index (χ4n) is 4.35. The van der Waals surface area contributed by atoms with Crippen LogP contribution in [-0.2, 0) is 9.63 Å². The third-order valence-electron chi connectivity index (χ3n) is 5.95. The van der Waals surface area contributed by atoms with Crippen molar-refractivity contribution in [1.29, 1.82) is 0 Å². The number of fused-ring (bicyclic) bond motifs is 3. The molecule has 0 atom stereocenters. The van der Waals surface area contributed by atoms with Crippen LogP contribution >= 0.6 is 0 Å². The van der Waals surface area contributed by atoms with Gasteiger partial charge in [-0.3, -0.25) is 10.1 Å². The number of oxime groups is 1. The molecule has 0 N–H and O–H groups in total. The fourth-order valence-corrected chi connectivity index (χ4v) is 4.35. The Morgan fingerprint density at radius 1 is 1.03 bits per heavy atom. The van der Waals surface area contributed by atoms with Crippen molar-refractivity contribution in [2.75, 3.05) is 0 Å². The average Bonchev–Trinajstić information content (AvgIpc) is 3.15. The number of benzene rings is 3. The van der Waals surface area contributed by atoms with E-state index in [1.165, 1.54) is 13.0 Å². The minimum absolute atomic E-state index is 0.0698. The Bertz CT molecular complexity index is 1420. The lowest BCUT2D eigenvalue weighted by Gasteiger charge is -2.13. The number of unbranched alkanes of at least 4 members (excludes halogenated alkanes) is 2. The van der Waals surface area contributed by atoms with Gasteiger partial charge in [-0.1, -0.05) is 49.2 Å². The highest BCUT2D eigenvalue weighted by atomic mass is 16.7. The first-order chi connectivity index (χ1) is 16.4. The van der Waals surface area contributed by atoms with Crippen molar-refractivity contribution in [3.63, 3.8) is 0 Å². The Kier molecular flexibility index (Phi) is 6.72. The van der Waals surface area contributed by atoms with Gasteiger partial charge in [0.15, 0.2) is 0 Å². The largest absolute Gasteiger partial charge is 0.331 e. The standard InChI is InChI=1S/C27H27N3O4/c1-4-5-6-10-25(28-34-19(3)31)22-14-12-20(16-18(22)2)29-26-11-8-7-9-23(26)24-17-21(30(32)33)13-15-27(24)29/h7-9,11-17H,4-6,10H2,1-3H3/b28-25-. The number of aryl methyl sites for hydroxylation is 1. The number of carbonyl (C=O) groups is 1. The first-order valence-electron chi connectivity index (χ1n) is 11.4. The van der Waals surface area contributed by atoms with E-state index in [2.05, 4.69) is 22.7 Å². The topological polar surface area (TPSA) is 86.7 Å². The zero-order valence-corrected chi connectivity index (χ0v) is 19.6. The molecule has 0 amide bonds. The predicted octanol–water partition coefficient (Wildman–Crippen LogP) is 6.85. The molecule has 0 aliphatic heterocycles. The highest BCUT2D eigenvalue weighted by Crippen LogP contribution is 2.34. The molecule has 0 unspecified atom stereocenters. The number of rotatable bonds is 8. The first kappa shape index (κ1) is 23.2. The molecule has 0 spiro atoms. The van der Waals surface area contributed by atoms with Gasteiger partial charge in [0.25, 0.3) is 5.69 Å². The maximum Gasteiger partial charge on any atom is 0.331 e. The number of carbonyl (C=O) groups excluding carboxylic acids is 1. The smallest absolute Gasteiger partial charge is 0.318 e. The Balaban J connectivity index is 1.83. The van der Waals surface area contributed by atoms with E-state index in [0.29, 0.717) is 0 Å². The number of nitro groups is 1. The van der Waals surface area contributed by atoms with Gasteiger partial charge in [0.05, 0.1) is 21.7 Å². The molecule has 7 heteroatoms. The van der Waals surface area contributed by atoms with E-state index in [-0.39, 0.29) is 10.6 Å². The van der Waals surface area contributed by atoms with Crippen LogP contribution in [0.4, 0.5) is 5.69 Å². The average molecular weight is 458 g/mol. The maximum absolute atomic E-state index is 11.3. The van der Waals surface area contributed by atoms with Crippen LogP contribution in [0.1, 0.15) is 50.7 Å². The van der Waals surface area contributed by atoms with Crippen molar-refractivity contribution < 1.29 is 14.6 Å². The second kappa shape index (κ2) is 9.87. The number of hydrogen-bond acceptors (Lipinski definition) is 5. The number of nitro benzene ring substituents is 1. The summed E-state index contributed by atoms with van der Waals surface area (Å²) in [6.45, 7) is 5.50. The summed E-state index contributed by atoms with van der Waals surface area (Å²) in [4.78, 5) is 27.3. The predicted molar refractivity (Wildman–Crippen MR) is 135 cm³/mol. The van der Waals surface area contributed by atoms with Gasteiger partial charge in [-0.25, -0.2) is 4.79 Å². The summed E-state index contributed by atoms with van der Waals surface area (Å²) >= 11 is 0. The Morgan fingerprint density at radius 3 is 2.50 bits per heavy atom. The Morgan fingerprint density at radius 2 is 1.79 bits per heavy atom. The second-order valence-electron chi connectivity index (χ2n) is 8.39. The number of aromatic nitrogens is 1. The van der Waals surface area contributed by atoms with E-state index in [9.17, 15) is 14.9 Å². The van der Waals surface area contributed by atoms with Crippen LogP contribution in [0, 0.1) is 17.0 Å². The lowest BCUT2D eigenvalue weighted by Crippen LogP contribution is -2.07. The molecule has 1 aromatic heterocycles. The third-order valence-corrected chi connectivity index (χ3v) is 5.95. The quantitative estimate of drug-likeness (QED) is 0.0952. The molecule has 0 saturated carbocycles. The lowest BCUT2D eigenvalue weighted by molar-refractivity contribution is -0.384. The maximum atomic E-state index is 11.3. The van der Waals surface area contributed by atoms with Gasteiger partial charge in [-0.2, -0.15) is 0 Å².